The maximum absolute atomic E-state index is 11.3. The first-order chi connectivity index (χ1) is 6.77. The quantitative estimate of drug-likeness (QED) is 0.662. The molecule has 1 aliphatic heterocycles. The van der Waals surface area contributed by atoms with Crippen molar-refractivity contribution in [1.82, 2.24) is 10.2 Å². The van der Waals surface area contributed by atoms with Gasteiger partial charge in [0.1, 0.15) is 0 Å². The van der Waals surface area contributed by atoms with Crippen molar-refractivity contribution in [3.8, 4) is 0 Å². The molecule has 0 spiro atoms. The van der Waals surface area contributed by atoms with Gasteiger partial charge in [0, 0.05) is 26.1 Å². The van der Waals surface area contributed by atoms with E-state index in [0.717, 1.165) is 38.9 Å². The van der Waals surface area contributed by atoms with Gasteiger partial charge in [0.25, 0.3) is 0 Å². The number of piperidine rings is 1. The summed E-state index contributed by atoms with van der Waals surface area (Å²) in [5.41, 5.74) is 0. The van der Waals surface area contributed by atoms with E-state index >= 15 is 0 Å². The Morgan fingerprint density at radius 2 is 2.14 bits per heavy atom. The van der Waals surface area contributed by atoms with Crippen molar-refractivity contribution >= 4 is 5.91 Å². The molecular weight excluding hydrogens is 180 g/mol. The highest BCUT2D eigenvalue weighted by atomic mass is 16.3. The van der Waals surface area contributed by atoms with Crippen LogP contribution in [0.2, 0.25) is 0 Å². The van der Waals surface area contributed by atoms with Crippen LogP contribution in [0.1, 0.15) is 19.3 Å². The summed E-state index contributed by atoms with van der Waals surface area (Å²) in [5.74, 6) is 0.372. The van der Waals surface area contributed by atoms with Crippen molar-refractivity contribution in [2.24, 2.45) is 5.92 Å². The summed E-state index contributed by atoms with van der Waals surface area (Å²) in [7, 11) is 1.69. The molecule has 0 aromatic heterocycles. The Labute approximate surface area is 85.3 Å². The van der Waals surface area contributed by atoms with Gasteiger partial charge < -0.3 is 15.3 Å². The summed E-state index contributed by atoms with van der Waals surface area (Å²) in [4.78, 5) is 13.6. The van der Waals surface area contributed by atoms with Crippen molar-refractivity contribution in [2.75, 3.05) is 33.3 Å². The summed E-state index contributed by atoms with van der Waals surface area (Å²) in [5, 5.41) is 11.4. The van der Waals surface area contributed by atoms with Gasteiger partial charge in [-0.2, -0.15) is 0 Å². The molecule has 0 aliphatic carbocycles. The fourth-order valence-electron chi connectivity index (χ4n) is 1.92. The number of aliphatic hydroxyl groups is 1. The zero-order valence-corrected chi connectivity index (χ0v) is 8.83. The highest BCUT2D eigenvalue weighted by Gasteiger charge is 2.23. The molecule has 1 aliphatic rings. The minimum absolute atomic E-state index is 0.173. The second-order valence-corrected chi connectivity index (χ2v) is 3.81. The van der Waals surface area contributed by atoms with Crippen LogP contribution in [-0.4, -0.2) is 49.2 Å². The van der Waals surface area contributed by atoms with Gasteiger partial charge in [-0.15, -0.1) is 0 Å². The number of nitrogens with one attached hydrogen (secondary N) is 1. The van der Waals surface area contributed by atoms with Crippen LogP contribution in [0.4, 0.5) is 0 Å². The molecule has 0 bridgehead atoms. The van der Waals surface area contributed by atoms with Crippen LogP contribution in [0, 0.1) is 5.92 Å². The first kappa shape index (κ1) is 11.5. The number of aliphatic hydroxyl groups excluding tert-OH is 1. The smallest absolute Gasteiger partial charge is 0.222 e. The van der Waals surface area contributed by atoms with Crippen LogP contribution < -0.4 is 5.32 Å². The molecule has 0 radical (unpaired) electrons. The second-order valence-electron chi connectivity index (χ2n) is 3.81. The minimum Gasteiger partial charge on any atom is -0.396 e. The lowest BCUT2D eigenvalue weighted by atomic mass is 9.96. The molecule has 0 atom stereocenters. The summed E-state index contributed by atoms with van der Waals surface area (Å²) < 4.78 is 0. The van der Waals surface area contributed by atoms with Crippen molar-refractivity contribution in [2.45, 2.75) is 19.3 Å². The molecule has 0 saturated carbocycles. The summed E-state index contributed by atoms with van der Waals surface area (Å²) in [6.45, 7) is 3.18. The second kappa shape index (κ2) is 5.98. The topological polar surface area (TPSA) is 52.6 Å². The van der Waals surface area contributed by atoms with E-state index in [0.29, 0.717) is 0 Å². The number of hydrogen-bond acceptors (Lipinski definition) is 3. The Balaban J connectivity index is 2.20. The Bertz CT molecular complexity index is 177. The normalized spacial score (nSPS) is 19.6. The number of carbonyl (C=O) groups is 1. The molecule has 1 rings (SSSR count). The first-order valence-electron chi connectivity index (χ1n) is 5.32. The molecule has 0 aromatic carbocycles. The third-order valence-electron chi connectivity index (χ3n) is 2.84. The largest absolute Gasteiger partial charge is 0.396 e. The average molecular weight is 200 g/mol. The fourth-order valence-corrected chi connectivity index (χ4v) is 1.92. The number of likely N-dealkylation sites (tertiary alicyclic amines) is 1. The molecule has 2 N–H and O–H groups in total. The Kier molecular flexibility index (Phi) is 4.90. The van der Waals surface area contributed by atoms with E-state index in [2.05, 4.69) is 10.2 Å². The Hall–Kier alpha value is -0.610. The number of rotatable bonds is 4. The predicted octanol–water partition coefficient (Wildman–Crippen LogP) is -0.173. The van der Waals surface area contributed by atoms with Crippen LogP contribution >= 0.6 is 0 Å². The standard InChI is InChI=1S/C10H20N2O2/c1-11-10(14)9-3-6-12(7-4-9)5-2-8-13/h9,13H,2-8H2,1H3,(H,11,14). The minimum atomic E-state index is 0.173. The van der Waals surface area contributed by atoms with Crippen molar-refractivity contribution in [3.63, 3.8) is 0 Å². The number of carbonyl (C=O) groups excluding carboxylic acids is 1. The van der Waals surface area contributed by atoms with Crippen LogP contribution in [0.5, 0.6) is 0 Å². The van der Waals surface area contributed by atoms with E-state index < -0.39 is 0 Å². The maximum atomic E-state index is 11.3. The van der Waals surface area contributed by atoms with Gasteiger partial charge in [0.2, 0.25) is 5.91 Å². The zero-order chi connectivity index (χ0) is 10.4. The molecule has 0 unspecified atom stereocenters. The van der Waals surface area contributed by atoms with Crippen molar-refractivity contribution in [1.29, 1.82) is 0 Å². The number of amides is 1. The SMILES string of the molecule is CNC(=O)C1CCN(CCCO)CC1. The lowest BCUT2D eigenvalue weighted by Gasteiger charge is -2.30. The highest BCUT2D eigenvalue weighted by Crippen LogP contribution is 2.16. The summed E-state index contributed by atoms with van der Waals surface area (Å²) >= 11 is 0. The monoisotopic (exact) mass is 200 g/mol. The van der Waals surface area contributed by atoms with Gasteiger partial charge in [-0.1, -0.05) is 0 Å². The third kappa shape index (κ3) is 3.27. The van der Waals surface area contributed by atoms with Crippen LogP contribution in [0.25, 0.3) is 0 Å². The fraction of sp³-hybridized carbons (Fsp3) is 0.900. The molecule has 4 nitrogen and oxygen atoms in total. The molecule has 1 saturated heterocycles. The van der Waals surface area contributed by atoms with Crippen LogP contribution in [0.15, 0.2) is 0 Å². The molecule has 1 heterocycles. The maximum Gasteiger partial charge on any atom is 0.222 e. The van der Waals surface area contributed by atoms with Crippen molar-refractivity contribution in [3.05, 3.63) is 0 Å². The molecule has 1 fully saturated rings. The van der Waals surface area contributed by atoms with E-state index in [1.807, 2.05) is 0 Å². The Morgan fingerprint density at radius 1 is 1.50 bits per heavy atom. The first-order valence-corrected chi connectivity index (χ1v) is 5.32. The Morgan fingerprint density at radius 3 is 2.64 bits per heavy atom. The molecule has 0 aromatic rings. The predicted molar refractivity (Wildman–Crippen MR) is 54.9 cm³/mol. The van der Waals surface area contributed by atoms with E-state index in [1.165, 1.54) is 0 Å². The third-order valence-corrected chi connectivity index (χ3v) is 2.84. The summed E-state index contributed by atoms with van der Waals surface area (Å²) in [6, 6.07) is 0. The molecule has 82 valence electrons. The van der Waals surface area contributed by atoms with E-state index in [9.17, 15) is 4.79 Å². The summed E-state index contributed by atoms with van der Waals surface area (Å²) in [6.07, 6.45) is 2.74. The van der Waals surface area contributed by atoms with E-state index in [4.69, 9.17) is 5.11 Å². The zero-order valence-electron chi connectivity index (χ0n) is 8.83. The van der Waals surface area contributed by atoms with Gasteiger partial charge >= 0.3 is 0 Å². The highest BCUT2D eigenvalue weighted by molar-refractivity contribution is 5.78. The van der Waals surface area contributed by atoms with Gasteiger partial charge in [0.15, 0.2) is 0 Å². The average Bonchev–Trinajstić information content (AvgIpc) is 2.26. The van der Waals surface area contributed by atoms with Gasteiger partial charge in [-0.25, -0.2) is 0 Å². The lowest BCUT2D eigenvalue weighted by molar-refractivity contribution is -0.125. The van der Waals surface area contributed by atoms with Crippen molar-refractivity contribution < 1.29 is 9.90 Å². The van der Waals surface area contributed by atoms with Gasteiger partial charge in [0.05, 0.1) is 0 Å². The van der Waals surface area contributed by atoms with E-state index in [-0.39, 0.29) is 18.4 Å². The van der Waals surface area contributed by atoms with Crippen LogP contribution in [-0.2, 0) is 4.79 Å². The van der Waals surface area contributed by atoms with Gasteiger partial charge in [-0.3, -0.25) is 4.79 Å². The molecule has 1 amide bonds. The lowest BCUT2D eigenvalue weighted by Crippen LogP contribution is -2.40. The van der Waals surface area contributed by atoms with Gasteiger partial charge in [-0.05, 0) is 32.4 Å². The van der Waals surface area contributed by atoms with E-state index in [1.54, 1.807) is 7.05 Å². The number of hydrogen-bond donors (Lipinski definition) is 2. The molecular formula is C10H20N2O2. The van der Waals surface area contributed by atoms with Crippen LogP contribution in [0.3, 0.4) is 0 Å². The molecule has 4 heteroatoms. The number of nitrogens with zero attached hydrogens (tertiary/aromatic N) is 1. The molecule has 14 heavy (non-hydrogen) atoms.